The van der Waals surface area contributed by atoms with E-state index in [0.29, 0.717) is 12.8 Å². The second-order valence-corrected chi connectivity index (χ2v) is 5.51. The molecule has 4 N–H and O–H groups in total. The zero-order valence-electron chi connectivity index (χ0n) is 10.2. The Morgan fingerprint density at radius 1 is 1.62 bits per heavy atom. The molecule has 16 heavy (non-hydrogen) atoms. The molecule has 0 heterocycles. The lowest BCUT2D eigenvalue weighted by Crippen LogP contribution is -2.41. The molecule has 1 aliphatic carbocycles. The lowest BCUT2D eigenvalue weighted by Gasteiger charge is -2.23. The Kier molecular flexibility index (Phi) is 3.80. The largest absolute Gasteiger partial charge is 0.444 e. The van der Waals surface area contributed by atoms with Gasteiger partial charge in [0.25, 0.3) is 0 Å². The highest BCUT2D eigenvalue weighted by atomic mass is 16.6. The maximum atomic E-state index is 11.5. The predicted octanol–water partition coefficient (Wildman–Crippen LogP) is 0.753. The Hall–Kier alpha value is -0.810. The van der Waals surface area contributed by atoms with Gasteiger partial charge in [0.2, 0.25) is 0 Å². The van der Waals surface area contributed by atoms with Gasteiger partial charge in [-0.2, -0.15) is 0 Å². The average molecular weight is 230 g/mol. The molecule has 1 rings (SSSR count). The van der Waals surface area contributed by atoms with Crippen LogP contribution in [0.5, 0.6) is 0 Å². The first-order valence-electron chi connectivity index (χ1n) is 5.66. The van der Waals surface area contributed by atoms with E-state index in [1.54, 1.807) is 0 Å². The molecule has 1 aliphatic rings. The molecule has 1 fully saturated rings. The summed E-state index contributed by atoms with van der Waals surface area (Å²) in [5, 5.41) is 12.6. The molecule has 2 unspecified atom stereocenters. The highest BCUT2D eigenvalue weighted by Crippen LogP contribution is 2.29. The first-order chi connectivity index (χ1) is 7.24. The zero-order chi connectivity index (χ0) is 12.4. The van der Waals surface area contributed by atoms with Crippen LogP contribution in [-0.4, -0.2) is 35.0 Å². The van der Waals surface area contributed by atoms with Crippen molar-refractivity contribution >= 4 is 6.09 Å². The summed E-state index contributed by atoms with van der Waals surface area (Å²) in [6, 6.07) is -0.0385. The van der Waals surface area contributed by atoms with Crippen LogP contribution in [0.3, 0.4) is 0 Å². The summed E-state index contributed by atoms with van der Waals surface area (Å²) >= 11 is 0. The molecule has 0 radical (unpaired) electrons. The highest BCUT2D eigenvalue weighted by Gasteiger charge is 2.37. The van der Waals surface area contributed by atoms with Gasteiger partial charge in [-0.15, -0.1) is 0 Å². The summed E-state index contributed by atoms with van der Waals surface area (Å²) < 4.78 is 5.14. The van der Waals surface area contributed by atoms with Crippen molar-refractivity contribution in [1.82, 2.24) is 5.32 Å². The van der Waals surface area contributed by atoms with Crippen LogP contribution in [0.1, 0.15) is 40.0 Å². The van der Waals surface area contributed by atoms with Crippen molar-refractivity contribution in [3.05, 3.63) is 0 Å². The molecule has 5 nitrogen and oxygen atoms in total. The van der Waals surface area contributed by atoms with Gasteiger partial charge in [-0.05, 0) is 40.0 Å². The molecule has 0 bridgehead atoms. The SMILES string of the molecule is CC(C)(C)OC(=O)NC1CCC(O)(CN)C1. The van der Waals surface area contributed by atoms with Gasteiger partial charge in [0.15, 0.2) is 0 Å². The van der Waals surface area contributed by atoms with E-state index in [2.05, 4.69) is 5.32 Å². The molecule has 0 aromatic rings. The third-order valence-electron chi connectivity index (χ3n) is 2.69. The Balaban J connectivity index is 2.37. The molecule has 0 aliphatic heterocycles. The molecule has 0 aromatic heterocycles. The number of hydrogen-bond acceptors (Lipinski definition) is 4. The molecule has 0 saturated heterocycles. The summed E-state index contributed by atoms with van der Waals surface area (Å²) in [6.45, 7) is 5.69. The van der Waals surface area contributed by atoms with Gasteiger partial charge in [-0.3, -0.25) is 0 Å². The topological polar surface area (TPSA) is 84.6 Å². The monoisotopic (exact) mass is 230 g/mol. The van der Waals surface area contributed by atoms with E-state index >= 15 is 0 Å². The molecule has 0 spiro atoms. The van der Waals surface area contributed by atoms with Crippen LogP contribution < -0.4 is 11.1 Å². The maximum Gasteiger partial charge on any atom is 0.407 e. The van der Waals surface area contributed by atoms with Gasteiger partial charge in [0, 0.05) is 12.6 Å². The van der Waals surface area contributed by atoms with Gasteiger partial charge in [0.1, 0.15) is 5.60 Å². The van der Waals surface area contributed by atoms with Crippen molar-refractivity contribution in [2.75, 3.05) is 6.54 Å². The second-order valence-electron chi connectivity index (χ2n) is 5.51. The second kappa shape index (κ2) is 4.59. The Morgan fingerprint density at radius 3 is 2.69 bits per heavy atom. The zero-order valence-corrected chi connectivity index (χ0v) is 10.2. The van der Waals surface area contributed by atoms with Crippen LogP contribution >= 0.6 is 0 Å². The summed E-state index contributed by atoms with van der Waals surface area (Å²) in [7, 11) is 0. The fourth-order valence-electron chi connectivity index (χ4n) is 1.89. The quantitative estimate of drug-likeness (QED) is 0.653. The number of amides is 1. The standard InChI is InChI=1S/C11H22N2O3/c1-10(2,3)16-9(14)13-8-4-5-11(15,6-8)7-12/h8,15H,4-7,12H2,1-3H3,(H,13,14). The van der Waals surface area contributed by atoms with Crippen molar-refractivity contribution in [3.8, 4) is 0 Å². The molecule has 94 valence electrons. The summed E-state index contributed by atoms with van der Waals surface area (Å²) in [4.78, 5) is 11.5. The minimum Gasteiger partial charge on any atom is -0.444 e. The normalized spacial score (nSPS) is 30.2. The fourth-order valence-corrected chi connectivity index (χ4v) is 1.89. The number of aliphatic hydroxyl groups is 1. The molecule has 5 heteroatoms. The number of nitrogens with two attached hydrogens (primary N) is 1. The number of carbonyl (C=O) groups is 1. The fraction of sp³-hybridized carbons (Fsp3) is 0.909. The number of rotatable bonds is 2. The van der Waals surface area contributed by atoms with Gasteiger partial charge in [-0.1, -0.05) is 0 Å². The van der Waals surface area contributed by atoms with Crippen LogP contribution in [-0.2, 0) is 4.74 Å². The third-order valence-corrected chi connectivity index (χ3v) is 2.69. The third kappa shape index (κ3) is 3.98. The smallest absolute Gasteiger partial charge is 0.407 e. The van der Waals surface area contributed by atoms with Gasteiger partial charge < -0.3 is 20.9 Å². The molecule has 2 atom stereocenters. The van der Waals surface area contributed by atoms with Crippen molar-refractivity contribution in [1.29, 1.82) is 0 Å². The number of carbonyl (C=O) groups excluding carboxylic acids is 1. The first kappa shape index (κ1) is 13.3. The van der Waals surface area contributed by atoms with Crippen LogP contribution in [0, 0.1) is 0 Å². The molecule has 1 saturated carbocycles. The minimum atomic E-state index is -0.820. The van der Waals surface area contributed by atoms with Crippen LogP contribution in [0.15, 0.2) is 0 Å². The Morgan fingerprint density at radius 2 is 2.25 bits per heavy atom. The maximum absolute atomic E-state index is 11.5. The summed E-state index contributed by atoms with van der Waals surface area (Å²) in [5.74, 6) is 0. The number of ether oxygens (including phenoxy) is 1. The van der Waals surface area contributed by atoms with Gasteiger partial charge in [0.05, 0.1) is 5.60 Å². The van der Waals surface area contributed by atoms with E-state index in [-0.39, 0.29) is 12.6 Å². The van der Waals surface area contributed by atoms with Crippen molar-refractivity contribution < 1.29 is 14.6 Å². The van der Waals surface area contributed by atoms with E-state index < -0.39 is 17.3 Å². The average Bonchev–Trinajstić information content (AvgIpc) is 2.45. The van der Waals surface area contributed by atoms with E-state index in [9.17, 15) is 9.90 Å². The predicted molar refractivity (Wildman–Crippen MR) is 61.0 cm³/mol. The van der Waals surface area contributed by atoms with E-state index in [0.717, 1.165) is 6.42 Å². The molecule has 1 amide bonds. The van der Waals surface area contributed by atoms with Crippen LogP contribution in [0.25, 0.3) is 0 Å². The Labute approximate surface area is 96.3 Å². The van der Waals surface area contributed by atoms with Gasteiger partial charge in [-0.25, -0.2) is 4.79 Å². The minimum absolute atomic E-state index is 0.0385. The molecular weight excluding hydrogens is 208 g/mol. The van der Waals surface area contributed by atoms with Crippen molar-refractivity contribution in [2.45, 2.75) is 57.3 Å². The van der Waals surface area contributed by atoms with E-state index in [1.165, 1.54) is 0 Å². The van der Waals surface area contributed by atoms with Crippen LogP contribution in [0.2, 0.25) is 0 Å². The lowest BCUT2D eigenvalue weighted by atomic mass is 10.0. The highest BCUT2D eigenvalue weighted by molar-refractivity contribution is 5.68. The lowest BCUT2D eigenvalue weighted by molar-refractivity contribution is 0.0444. The van der Waals surface area contributed by atoms with Crippen molar-refractivity contribution in [3.63, 3.8) is 0 Å². The Bertz CT molecular complexity index is 262. The summed E-state index contributed by atoms with van der Waals surface area (Å²) in [6.07, 6.45) is 1.44. The number of nitrogens with one attached hydrogen (secondary N) is 1. The summed E-state index contributed by atoms with van der Waals surface area (Å²) in [5.41, 5.74) is 4.16. The first-order valence-corrected chi connectivity index (χ1v) is 5.66. The van der Waals surface area contributed by atoms with E-state index in [4.69, 9.17) is 10.5 Å². The number of alkyl carbamates (subject to hydrolysis) is 1. The molecule has 0 aromatic carbocycles. The van der Waals surface area contributed by atoms with Crippen molar-refractivity contribution in [2.24, 2.45) is 5.73 Å². The van der Waals surface area contributed by atoms with Crippen LogP contribution in [0.4, 0.5) is 4.79 Å². The van der Waals surface area contributed by atoms with Gasteiger partial charge >= 0.3 is 6.09 Å². The number of hydrogen-bond donors (Lipinski definition) is 3. The van der Waals surface area contributed by atoms with E-state index in [1.807, 2.05) is 20.8 Å². The molecular formula is C11H22N2O3.